The number of piperidine rings is 1. The molecule has 1 atom stereocenters. The third-order valence-electron chi connectivity index (χ3n) is 4.94. The first-order chi connectivity index (χ1) is 11.8. The number of nitrogens with one attached hydrogen (secondary N) is 1. The van der Waals surface area contributed by atoms with Gasteiger partial charge in [0.1, 0.15) is 6.61 Å². The standard InChI is InChI=1S/C19H29N3O2/c23-19(24-16-17-7-2-1-3-8-17)22-13-6-9-18(15-22)20-10-14-21-11-4-5-12-21/h1-3,7-8,18,20H,4-6,9-16H2/t18-/m0/s1. The lowest BCUT2D eigenvalue weighted by molar-refractivity contribution is 0.0831. The van der Waals surface area contributed by atoms with Crippen LogP contribution in [0.3, 0.4) is 0 Å². The SMILES string of the molecule is O=C(OCc1ccccc1)N1CCC[C@H](NCCN2CCCC2)C1. The van der Waals surface area contributed by atoms with Gasteiger partial charge in [-0.2, -0.15) is 0 Å². The van der Waals surface area contributed by atoms with Crippen molar-refractivity contribution in [3.8, 4) is 0 Å². The van der Waals surface area contributed by atoms with Gasteiger partial charge in [-0.15, -0.1) is 0 Å². The number of ether oxygens (including phenoxy) is 1. The molecule has 2 heterocycles. The van der Waals surface area contributed by atoms with Gasteiger partial charge in [-0.25, -0.2) is 4.79 Å². The molecule has 3 rings (SSSR count). The van der Waals surface area contributed by atoms with Crippen LogP contribution >= 0.6 is 0 Å². The van der Waals surface area contributed by atoms with Crippen molar-refractivity contribution in [1.82, 2.24) is 15.1 Å². The maximum atomic E-state index is 12.3. The van der Waals surface area contributed by atoms with Gasteiger partial charge in [0.25, 0.3) is 0 Å². The second-order valence-electron chi connectivity index (χ2n) is 6.83. The number of benzene rings is 1. The Morgan fingerprint density at radius 1 is 1.12 bits per heavy atom. The van der Waals surface area contributed by atoms with Gasteiger partial charge in [-0.3, -0.25) is 0 Å². The molecule has 0 radical (unpaired) electrons. The number of nitrogens with zero attached hydrogens (tertiary/aromatic N) is 2. The highest BCUT2D eigenvalue weighted by atomic mass is 16.6. The molecule has 0 aliphatic carbocycles. The summed E-state index contributed by atoms with van der Waals surface area (Å²) in [7, 11) is 0. The lowest BCUT2D eigenvalue weighted by Gasteiger charge is -2.33. The van der Waals surface area contributed by atoms with Gasteiger partial charge in [0, 0.05) is 32.2 Å². The van der Waals surface area contributed by atoms with Crippen LogP contribution in [0.4, 0.5) is 4.79 Å². The lowest BCUT2D eigenvalue weighted by Crippen LogP contribution is -2.49. The van der Waals surface area contributed by atoms with E-state index < -0.39 is 0 Å². The Hall–Kier alpha value is -1.59. The molecule has 24 heavy (non-hydrogen) atoms. The Morgan fingerprint density at radius 2 is 1.92 bits per heavy atom. The molecule has 1 aromatic rings. The van der Waals surface area contributed by atoms with E-state index in [2.05, 4.69) is 10.2 Å². The van der Waals surface area contributed by atoms with E-state index in [1.807, 2.05) is 35.2 Å². The Bertz CT molecular complexity index is 503. The van der Waals surface area contributed by atoms with Crippen LogP contribution in [0.25, 0.3) is 0 Å². The van der Waals surface area contributed by atoms with Gasteiger partial charge in [0.2, 0.25) is 0 Å². The van der Waals surface area contributed by atoms with Crippen LogP contribution in [0.5, 0.6) is 0 Å². The lowest BCUT2D eigenvalue weighted by atomic mass is 10.1. The first kappa shape index (κ1) is 17.2. The van der Waals surface area contributed by atoms with E-state index in [9.17, 15) is 4.79 Å². The summed E-state index contributed by atoms with van der Waals surface area (Å²) in [4.78, 5) is 16.6. The highest BCUT2D eigenvalue weighted by Crippen LogP contribution is 2.13. The molecule has 2 fully saturated rings. The maximum Gasteiger partial charge on any atom is 0.410 e. The van der Waals surface area contributed by atoms with Gasteiger partial charge < -0.3 is 19.9 Å². The van der Waals surface area contributed by atoms with Gasteiger partial charge in [0.15, 0.2) is 0 Å². The molecule has 5 heteroatoms. The summed E-state index contributed by atoms with van der Waals surface area (Å²) in [5.41, 5.74) is 1.03. The highest BCUT2D eigenvalue weighted by molar-refractivity contribution is 5.67. The second kappa shape index (κ2) is 9.04. The summed E-state index contributed by atoms with van der Waals surface area (Å²) in [5.74, 6) is 0. The summed E-state index contributed by atoms with van der Waals surface area (Å²) in [6, 6.07) is 10.2. The van der Waals surface area contributed by atoms with Gasteiger partial charge in [-0.1, -0.05) is 30.3 Å². The molecule has 132 valence electrons. The average Bonchev–Trinajstić information content (AvgIpc) is 3.14. The highest BCUT2D eigenvalue weighted by Gasteiger charge is 2.24. The van der Waals surface area contributed by atoms with E-state index in [1.54, 1.807) is 0 Å². The van der Waals surface area contributed by atoms with Crippen molar-refractivity contribution in [2.75, 3.05) is 39.3 Å². The Balaban J connectivity index is 1.37. The monoisotopic (exact) mass is 331 g/mol. The fourth-order valence-corrected chi connectivity index (χ4v) is 3.55. The summed E-state index contributed by atoms with van der Waals surface area (Å²) in [6.45, 7) is 6.52. The maximum absolute atomic E-state index is 12.3. The topological polar surface area (TPSA) is 44.8 Å². The van der Waals surface area contributed by atoms with Crippen LogP contribution in [0.1, 0.15) is 31.2 Å². The van der Waals surface area contributed by atoms with E-state index in [0.717, 1.165) is 44.6 Å². The van der Waals surface area contributed by atoms with Crippen molar-refractivity contribution >= 4 is 6.09 Å². The first-order valence-electron chi connectivity index (χ1n) is 9.22. The molecule has 2 aliphatic rings. The number of rotatable bonds is 6. The summed E-state index contributed by atoms with van der Waals surface area (Å²) < 4.78 is 5.45. The minimum atomic E-state index is -0.190. The van der Waals surface area contributed by atoms with Crippen molar-refractivity contribution in [1.29, 1.82) is 0 Å². The summed E-state index contributed by atoms with van der Waals surface area (Å²) in [5, 5.41) is 3.62. The van der Waals surface area contributed by atoms with Crippen LogP contribution in [-0.2, 0) is 11.3 Å². The normalized spacial score (nSPS) is 21.8. The minimum Gasteiger partial charge on any atom is -0.445 e. The zero-order valence-corrected chi connectivity index (χ0v) is 14.5. The predicted octanol–water partition coefficient (Wildman–Crippen LogP) is 2.47. The van der Waals surface area contributed by atoms with Crippen LogP contribution < -0.4 is 5.32 Å². The van der Waals surface area contributed by atoms with Crippen LogP contribution in [0.15, 0.2) is 30.3 Å². The van der Waals surface area contributed by atoms with E-state index in [-0.39, 0.29) is 6.09 Å². The zero-order valence-electron chi connectivity index (χ0n) is 14.5. The molecule has 0 aromatic heterocycles. The average molecular weight is 331 g/mol. The number of carbonyl (C=O) groups excluding carboxylic acids is 1. The van der Waals surface area contributed by atoms with Crippen LogP contribution in [-0.4, -0.2) is 61.2 Å². The third-order valence-corrected chi connectivity index (χ3v) is 4.94. The number of hydrogen-bond donors (Lipinski definition) is 1. The quantitative estimate of drug-likeness (QED) is 0.870. The van der Waals surface area contributed by atoms with E-state index in [1.165, 1.54) is 25.9 Å². The van der Waals surface area contributed by atoms with E-state index in [4.69, 9.17) is 4.74 Å². The molecular formula is C19H29N3O2. The largest absolute Gasteiger partial charge is 0.445 e. The summed E-state index contributed by atoms with van der Waals surface area (Å²) >= 11 is 0. The fraction of sp³-hybridized carbons (Fsp3) is 0.632. The molecule has 0 saturated carbocycles. The van der Waals surface area contributed by atoms with Crippen molar-refractivity contribution in [3.63, 3.8) is 0 Å². The Labute approximate surface area is 145 Å². The van der Waals surface area contributed by atoms with E-state index in [0.29, 0.717) is 12.6 Å². The molecule has 0 bridgehead atoms. The van der Waals surface area contributed by atoms with Crippen LogP contribution in [0, 0.1) is 0 Å². The second-order valence-corrected chi connectivity index (χ2v) is 6.83. The zero-order chi connectivity index (χ0) is 16.6. The molecule has 0 unspecified atom stereocenters. The smallest absolute Gasteiger partial charge is 0.410 e. The van der Waals surface area contributed by atoms with Crippen molar-refractivity contribution in [2.45, 2.75) is 38.3 Å². The fourth-order valence-electron chi connectivity index (χ4n) is 3.55. The van der Waals surface area contributed by atoms with Gasteiger partial charge in [-0.05, 0) is 44.3 Å². The summed E-state index contributed by atoms with van der Waals surface area (Å²) in [6.07, 6.45) is 4.67. The molecule has 2 saturated heterocycles. The molecule has 1 N–H and O–H groups in total. The van der Waals surface area contributed by atoms with Gasteiger partial charge >= 0.3 is 6.09 Å². The molecule has 0 spiro atoms. The van der Waals surface area contributed by atoms with Crippen molar-refractivity contribution in [3.05, 3.63) is 35.9 Å². The Kier molecular flexibility index (Phi) is 6.49. The molecule has 2 aliphatic heterocycles. The predicted molar refractivity (Wildman–Crippen MR) is 94.9 cm³/mol. The first-order valence-corrected chi connectivity index (χ1v) is 9.22. The number of likely N-dealkylation sites (tertiary alicyclic amines) is 2. The Morgan fingerprint density at radius 3 is 2.71 bits per heavy atom. The molecular weight excluding hydrogens is 302 g/mol. The molecule has 1 amide bonds. The molecule has 5 nitrogen and oxygen atoms in total. The number of hydrogen-bond acceptors (Lipinski definition) is 4. The van der Waals surface area contributed by atoms with Gasteiger partial charge in [0.05, 0.1) is 0 Å². The van der Waals surface area contributed by atoms with E-state index >= 15 is 0 Å². The molecule has 1 aromatic carbocycles. The van der Waals surface area contributed by atoms with Crippen LogP contribution in [0.2, 0.25) is 0 Å². The number of carbonyl (C=O) groups is 1. The van der Waals surface area contributed by atoms with Crippen molar-refractivity contribution in [2.24, 2.45) is 0 Å². The van der Waals surface area contributed by atoms with Crippen molar-refractivity contribution < 1.29 is 9.53 Å². The number of amides is 1. The minimum absolute atomic E-state index is 0.190. The third kappa shape index (κ3) is 5.21.